The number of nitrogens with zero attached hydrogens (tertiary/aromatic N) is 1. The molecule has 0 aliphatic carbocycles. The summed E-state index contributed by atoms with van der Waals surface area (Å²) in [7, 11) is 1.59. The molecule has 1 heterocycles. The van der Waals surface area contributed by atoms with E-state index in [1.807, 2.05) is 62.4 Å². The normalized spacial score (nSPS) is 17.3. The molecular formula is C36H44N4O7. The molecule has 4 rings (SSSR count). The van der Waals surface area contributed by atoms with Crippen LogP contribution < -0.4 is 30.2 Å². The first-order valence-corrected chi connectivity index (χ1v) is 16.0. The minimum absolute atomic E-state index is 0.139. The van der Waals surface area contributed by atoms with Gasteiger partial charge >= 0.3 is 0 Å². The van der Waals surface area contributed by atoms with Crippen LogP contribution in [0.3, 0.4) is 0 Å². The van der Waals surface area contributed by atoms with Gasteiger partial charge in [0, 0.05) is 19.5 Å². The highest BCUT2D eigenvalue weighted by Crippen LogP contribution is 2.28. The van der Waals surface area contributed by atoms with E-state index in [0.717, 1.165) is 11.1 Å². The van der Waals surface area contributed by atoms with E-state index in [9.17, 15) is 19.2 Å². The van der Waals surface area contributed by atoms with Crippen LogP contribution in [0, 0.1) is 0 Å². The summed E-state index contributed by atoms with van der Waals surface area (Å²) in [6.07, 6.45) is 1.17. The van der Waals surface area contributed by atoms with Crippen LogP contribution in [0.1, 0.15) is 48.2 Å². The Hall–Kier alpha value is -5.06. The Labute approximate surface area is 276 Å². The van der Waals surface area contributed by atoms with Crippen molar-refractivity contribution in [2.75, 3.05) is 40.0 Å². The Kier molecular flexibility index (Phi) is 13.0. The van der Waals surface area contributed by atoms with Gasteiger partial charge in [0.2, 0.25) is 17.7 Å². The van der Waals surface area contributed by atoms with Crippen molar-refractivity contribution in [3.8, 4) is 17.2 Å². The molecule has 0 bridgehead atoms. The third-order valence-corrected chi connectivity index (χ3v) is 7.84. The van der Waals surface area contributed by atoms with Crippen molar-refractivity contribution in [3.05, 3.63) is 89.5 Å². The molecule has 0 spiro atoms. The van der Waals surface area contributed by atoms with E-state index in [1.165, 1.54) is 0 Å². The smallest absolute Gasteiger partial charge is 0.255 e. The number of fused-ring (bicyclic) bond motifs is 1. The summed E-state index contributed by atoms with van der Waals surface area (Å²) in [6.45, 7) is 5.40. The number of carbonyl (C=O) groups is 4. The highest BCUT2D eigenvalue weighted by Gasteiger charge is 2.30. The third-order valence-electron chi connectivity index (χ3n) is 7.84. The molecule has 11 heteroatoms. The first-order chi connectivity index (χ1) is 22.8. The molecule has 2 atom stereocenters. The number of aryl methyl sites for hydroxylation is 1. The van der Waals surface area contributed by atoms with Gasteiger partial charge in [-0.25, -0.2) is 0 Å². The van der Waals surface area contributed by atoms with Crippen LogP contribution in [0.5, 0.6) is 17.2 Å². The molecule has 3 aromatic rings. The van der Waals surface area contributed by atoms with Crippen molar-refractivity contribution in [3.63, 3.8) is 0 Å². The van der Waals surface area contributed by atoms with Crippen molar-refractivity contribution >= 4 is 23.6 Å². The maximum Gasteiger partial charge on any atom is 0.255 e. The molecule has 11 nitrogen and oxygen atoms in total. The Morgan fingerprint density at radius 3 is 2.47 bits per heavy atom. The molecule has 0 saturated carbocycles. The highest BCUT2D eigenvalue weighted by atomic mass is 16.5. The summed E-state index contributed by atoms with van der Waals surface area (Å²) >= 11 is 0. The zero-order chi connectivity index (χ0) is 33.6. The average molecular weight is 645 g/mol. The molecule has 1 aliphatic heterocycles. The fraction of sp³-hybridized carbons (Fsp3) is 0.389. The number of para-hydroxylation sites is 1. The van der Waals surface area contributed by atoms with Crippen LogP contribution in [0.2, 0.25) is 0 Å². The summed E-state index contributed by atoms with van der Waals surface area (Å²) in [4.78, 5) is 55.6. The van der Waals surface area contributed by atoms with Crippen molar-refractivity contribution in [1.29, 1.82) is 0 Å². The van der Waals surface area contributed by atoms with E-state index >= 15 is 0 Å². The predicted molar refractivity (Wildman–Crippen MR) is 178 cm³/mol. The van der Waals surface area contributed by atoms with Crippen LogP contribution in [0.15, 0.2) is 72.8 Å². The van der Waals surface area contributed by atoms with E-state index in [1.54, 1.807) is 36.3 Å². The van der Waals surface area contributed by atoms with Crippen LogP contribution in [-0.2, 0) is 27.2 Å². The second kappa shape index (κ2) is 17.6. The SMILES string of the molecule is CCOc1ccc(CCCNC(=O)[C@@H]2CC(=O)N[C@@H](Cc3ccccc3)C(=O)N(CC)CCOc3ccccc3C(=O)N2)cc1OC. The van der Waals surface area contributed by atoms with Crippen molar-refractivity contribution in [2.24, 2.45) is 0 Å². The van der Waals surface area contributed by atoms with Gasteiger partial charge in [-0.1, -0.05) is 48.5 Å². The van der Waals surface area contributed by atoms with E-state index in [-0.39, 0.29) is 37.5 Å². The maximum atomic E-state index is 13.7. The summed E-state index contributed by atoms with van der Waals surface area (Å²) in [6, 6.07) is 19.7. The van der Waals surface area contributed by atoms with E-state index in [4.69, 9.17) is 14.2 Å². The summed E-state index contributed by atoms with van der Waals surface area (Å²) in [5.41, 5.74) is 2.11. The topological polar surface area (TPSA) is 135 Å². The first-order valence-electron chi connectivity index (χ1n) is 16.0. The van der Waals surface area contributed by atoms with Gasteiger partial charge in [-0.05, 0) is 62.1 Å². The van der Waals surface area contributed by atoms with Crippen molar-refractivity contribution in [2.45, 2.75) is 51.6 Å². The van der Waals surface area contributed by atoms with Crippen LogP contribution in [-0.4, -0.2) is 80.6 Å². The van der Waals surface area contributed by atoms with Gasteiger partial charge in [-0.3, -0.25) is 19.2 Å². The lowest BCUT2D eigenvalue weighted by Crippen LogP contribution is -2.54. The quantitative estimate of drug-likeness (QED) is 0.273. The van der Waals surface area contributed by atoms with Crippen LogP contribution >= 0.6 is 0 Å². The maximum absolute atomic E-state index is 13.7. The number of hydrogen-bond acceptors (Lipinski definition) is 7. The molecule has 250 valence electrons. The van der Waals surface area contributed by atoms with E-state index < -0.39 is 29.8 Å². The Bertz CT molecular complexity index is 1510. The second-order valence-corrected chi connectivity index (χ2v) is 11.1. The van der Waals surface area contributed by atoms with Gasteiger partial charge in [-0.15, -0.1) is 0 Å². The van der Waals surface area contributed by atoms with Gasteiger partial charge in [0.05, 0.1) is 32.2 Å². The number of rotatable bonds is 11. The molecule has 1 aliphatic rings. The molecule has 0 radical (unpaired) electrons. The summed E-state index contributed by atoms with van der Waals surface area (Å²) in [5.74, 6) is -0.218. The number of nitrogens with one attached hydrogen (secondary N) is 3. The number of methoxy groups -OCH3 is 1. The molecule has 3 aromatic carbocycles. The lowest BCUT2D eigenvalue weighted by molar-refractivity contribution is -0.137. The van der Waals surface area contributed by atoms with Gasteiger partial charge in [-0.2, -0.15) is 0 Å². The number of likely N-dealkylation sites (N-methyl/N-ethyl adjacent to an activating group) is 1. The Morgan fingerprint density at radius 1 is 0.957 bits per heavy atom. The average Bonchev–Trinajstić information content (AvgIpc) is 3.08. The predicted octanol–water partition coefficient (Wildman–Crippen LogP) is 3.30. The zero-order valence-electron chi connectivity index (χ0n) is 27.3. The molecular weight excluding hydrogens is 600 g/mol. The largest absolute Gasteiger partial charge is 0.493 e. The molecule has 3 N–H and O–H groups in total. The number of ether oxygens (including phenoxy) is 3. The number of carbonyl (C=O) groups excluding carboxylic acids is 4. The molecule has 0 aromatic heterocycles. The second-order valence-electron chi connectivity index (χ2n) is 11.1. The minimum Gasteiger partial charge on any atom is -0.493 e. The van der Waals surface area contributed by atoms with Gasteiger partial charge in [0.15, 0.2) is 11.5 Å². The standard InChI is InChI=1S/C36H44N4O7/c1-4-40-20-21-47-30-16-10-9-15-27(30)34(42)39-28(24-33(41)38-29(36(40)44)22-25-12-7-6-8-13-25)35(43)37-19-11-14-26-17-18-31(46-5-2)32(23-26)45-3/h6-10,12-13,15-18,23,28-29H,4-5,11,14,19-22,24H2,1-3H3,(H,37,43)(H,38,41)(H,39,42)/t28-,29-/m0/s1. The van der Waals surface area contributed by atoms with Crippen molar-refractivity contribution < 1.29 is 33.4 Å². The number of hydrogen-bond donors (Lipinski definition) is 3. The monoisotopic (exact) mass is 644 g/mol. The fourth-order valence-corrected chi connectivity index (χ4v) is 5.39. The van der Waals surface area contributed by atoms with Crippen LogP contribution in [0.4, 0.5) is 0 Å². The lowest BCUT2D eigenvalue weighted by atomic mass is 10.0. The van der Waals surface area contributed by atoms with Crippen molar-refractivity contribution in [1.82, 2.24) is 20.9 Å². The summed E-state index contributed by atoms with van der Waals surface area (Å²) < 4.78 is 17.0. The molecule has 47 heavy (non-hydrogen) atoms. The number of amides is 4. The Balaban J connectivity index is 1.50. The van der Waals surface area contributed by atoms with Crippen LogP contribution in [0.25, 0.3) is 0 Å². The lowest BCUT2D eigenvalue weighted by Gasteiger charge is -2.28. The first kappa shape index (κ1) is 34.8. The van der Waals surface area contributed by atoms with Gasteiger partial charge in [0.1, 0.15) is 24.4 Å². The third kappa shape index (κ3) is 9.96. The molecule has 0 saturated heterocycles. The zero-order valence-corrected chi connectivity index (χ0v) is 27.3. The van der Waals surface area contributed by atoms with E-state index in [0.29, 0.717) is 49.8 Å². The van der Waals surface area contributed by atoms with E-state index in [2.05, 4.69) is 16.0 Å². The Morgan fingerprint density at radius 2 is 1.72 bits per heavy atom. The fourth-order valence-electron chi connectivity index (χ4n) is 5.39. The van der Waals surface area contributed by atoms with Gasteiger partial charge in [0.25, 0.3) is 5.91 Å². The highest BCUT2D eigenvalue weighted by molar-refractivity contribution is 6.01. The summed E-state index contributed by atoms with van der Waals surface area (Å²) in [5, 5.41) is 8.43. The molecule has 4 amide bonds. The number of benzene rings is 3. The van der Waals surface area contributed by atoms with Gasteiger partial charge < -0.3 is 35.1 Å². The minimum atomic E-state index is -1.20. The molecule has 0 unspecified atom stereocenters. The molecule has 0 fully saturated rings.